The van der Waals surface area contributed by atoms with Crippen molar-refractivity contribution in [3.63, 3.8) is 0 Å². The Kier molecular flexibility index (Phi) is 6.81. The first-order chi connectivity index (χ1) is 16.0. The van der Waals surface area contributed by atoms with E-state index in [0.717, 1.165) is 25.8 Å². The third kappa shape index (κ3) is 4.86. The zero-order chi connectivity index (χ0) is 22.8. The summed E-state index contributed by atoms with van der Waals surface area (Å²) in [7, 11) is -3.62. The number of sulfonamides is 1. The Labute approximate surface area is 196 Å². The zero-order valence-corrected chi connectivity index (χ0v) is 20.1. The molecule has 0 aromatic heterocycles. The molecule has 4 aliphatic rings. The van der Waals surface area contributed by atoms with Crippen LogP contribution in [0.1, 0.15) is 44.9 Å². The number of benzene rings is 1. The second-order valence-electron chi connectivity index (χ2n) is 9.68. The van der Waals surface area contributed by atoms with Crippen molar-refractivity contribution in [3.05, 3.63) is 18.2 Å². The Bertz CT molecular complexity index is 959. The lowest BCUT2D eigenvalue weighted by molar-refractivity contribution is -0.139. The predicted octanol–water partition coefficient (Wildman–Crippen LogP) is 2.34. The van der Waals surface area contributed by atoms with Crippen LogP contribution in [0.25, 0.3) is 0 Å². The highest BCUT2D eigenvalue weighted by atomic mass is 32.2. The van der Waals surface area contributed by atoms with Crippen LogP contribution in [0.2, 0.25) is 0 Å². The van der Waals surface area contributed by atoms with Gasteiger partial charge in [0.2, 0.25) is 15.9 Å². The molecule has 2 atom stereocenters. The van der Waals surface area contributed by atoms with Crippen molar-refractivity contribution in [3.8, 4) is 11.5 Å². The molecule has 1 aliphatic carbocycles. The van der Waals surface area contributed by atoms with E-state index in [9.17, 15) is 13.2 Å². The summed E-state index contributed by atoms with van der Waals surface area (Å²) in [6, 6.07) is 5.26. The predicted molar refractivity (Wildman–Crippen MR) is 124 cm³/mol. The van der Waals surface area contributed by atoms with Crippen LogP contribution in [-0.4, -0.2) is 87.0 Å². The highest BCUT2D eigenvalue weighted by Gasteiger charge is 2.37. The molecule has 8 nitrogen and oxygen atoms in total. The summed E-state index contributed by atoms with van der Waals surface area (Å²) in [5, 5.41) is 0. The van der Waals surface area contributed by atoms with E-state index in [0.29, 0.717) is 69.4 Å². The van der Waals surface area contributed by atoms with Crippen LogP contribution >= 0.6 is 0 Å². The lowest BCUT2D eigenvalue weighted by Gasteiger charge is -2.45. The number of likely N-dealkylation sites (tertiary alicyclic amines) is 1. The molecule has 1 saturated carbocycles. The fourth-order valence-corrected chi connectivity index (χ4v) is 7.24. The summed E-state index contributed by atoms with van der Waals surface area (Å²) in [6.07, 6.45) is 8.04. The van der Waals surface area contributed by atoms with E-state index in [4.69, 9.17) is 9.47 Å². The van der Waals surface area contributed by atoms with E-state index in [1.54, 1.807) is 18.2 Å². The molecule has 0 spiro atoms. The first kappa shape index (κ1) is 22.9. The molecule has 1 aromatic carbocycles. The minimum absolute atomic E-state index is 0.214. The van der Waals surface area contributed by atoms with Gasteiger partial charge in [-0.1, -0.05) is 12.8 Å². The molecule has 0 radical (unpaired) electrons. The van der Waals surface area contributed by atoms with Gasteiger partial charge in [0, 0.05) is 51.3 Å². The van der Waals surface area contributed by atoms with E-state index in [-0.39, 0.29) is 10.8 Å². The van der Waals surface area contributed by atoms with Crippen molar-refractivity contribution in [2.45, 2.75) is 55.9 Å². The van der Waals surface area contributed by atoms with E-state index in [1.807, 2.05) is 0 Å². The molecule has 2 unspecified atom stereocenters. The number of hydrogen-bond acceptors (Lipinski definition) is 6. The molecular weight excluding hydrogens is 442 g/mol. The Morgan fingerprint density at radius 3 is 2.42 bits per heavy atom. The fourth-order valence-electron chi connectivity index (χ4n) is 5.80. The molecule has 0 bridgehead atoms. The molecule has 0 N–H and O–H groups in total. The molecule has 3 fully saturated rings. The van der Waals surface area contributed by atoms with E-state index in [2.05, 4.69) is 9.80 Å². The van der Waals surface area contributed by atoms with E-state index < -0.39 is 10.0 Å². The fraction of sp³-hybridized carbons (Fsp3) is 0.708. The number of carbonyl (C=O) groups excluding carboxylic acids is 1. The van der Waals surface area contributed by atoms with Gasteiger partial charge in [-0.15, -0.1) is 0 Å². The van der Waals surface area contributed by atoms with Crippen LogP contribution < -0.4 is 9.47 Å². The molecule has 1 amide bonds. The molecular formula is C24H35N3O5S. The topological polar surface area (TPSA) is 79.4 Å². The Hall–Kier alpha value is -1.84. The zero-order valence-electron chi connectivity index (χ0n) is 19.3. The molecule has 33 heavy (non-hydrogen) atoms. The summed E-state index contributed by atoms with van der Waals surface area (Å²) in [5.41, 5.74) is 0. The SMILES string of the molecule is O=C(CN1CCN(S(=O)(=O)c2ccc3c(c2)OCCCO3)CC1)N1CCCC2CCCCC21. The average Bonchev–Trinajstić information content (AvgIpc) is 3.09. The van der Waals surface area contributed by atoms with Gasteiger partial charge in [0.15, 0.2) is 11.5 Å². The van der Waals surface area contributed by atoms with Crippen molar-refractivity contribution in [2.75, 3.05) is 52.5 Å². The van der Waals surface area contributed by atoms with Crippen LogP contribution in [0, 0.1) is 5.92 Å². The number of piperidine rings is 1. The summed E-state index contributed by atoms with van der Waals surface area (Å²) in [4.78, 5) is 17.6. The van der Waals surface area contributed by atoms with Crippen molar-refractivity contribution < 1.29 is 22.7 Å². The van der Waals surface area contributed by atoms with Gasteiger partial charge in [-0.2, -0.15) is 4.31 Å². The molecule has 182 valence electrons. The average molecular weight is 478 g/mol. The van der Waals surface area contributed by atoms with Crippen LogP contribution in [0.15, 0.2) is 23.1 Å². The van der Waals surface area contributed by atoms with Crippen LogP contribution in [-0.2, 0) is 14.8 Å². The van der Waals surface area contributed by atoms with Crippen molar-refractivity contribution in [1.82, 2.24) is 14.1 Å². The monoisotopic (exact) mass is 477 g/mol. The second kappa shape index (κ2) is 9.80. The standard InChI is InChI=1S/C24H35N3O5S/c28-24(27-10-3-6-19-5-1-2-7-21(19)27)18-25-11-13-26(14-12-25)33(29,30)20-8-9-22-23(17-20)32-16-4-15-31-22/h8-9,17,19,21H,1-7,10-16,18H2. The normalized spacial score (nSPS) is 27.0. The van der Waals surface area contributed by atoms with Crippen LogP contribution in [0.3, 0.4) is 0 Å². The van der Waals surface area contributed by atoms with Crippen molar-refractivity contribution >= 4 is 15.9 Å². The Balaban J connectivity index is 1.18. The van der Waals surface area contributed by atoms with Crippen LogP contribution in [0.4, 0.5) is 0 Å². The third-order valence-corrected chi connectivity index (χ3v) is 9.51. The summed E-state index contributed by atoms with van der Waals surface area (Å²) in [5.74, 6) is 1.97. The first-order valence-electron chi connectivity index (χ1n) is 12.4. The summed E-state index contributed by atoms with van der Waals surface area (Å²) >= 11 is 0. The smallest absolute Gasteiger partial charge is 0.243 e. The lowest BCUT2D eigenvalue weighted by Crippen LogP contribution is -2.55. The van der Waals surface area contributed by atoms with Gasteiger partial charge < -0.3 is 14.4 Å². The van der Waals surface area contributed by atoms with Gasteiger partial charge in [0.25, 0.3) is 0 Å². The summed E-state index contributed by atoms with van der Waals surface area (Å²) < 4.78 is 39.3. The maximum Gasteiger partial charge on any atom is 0.243 e. The van der Waals surface area contributed by atoms with Gasteiger partial charge in [-0.05, 0) is 43.7 Å². The third-order valence-electron chi connectivity index (χ3n) is 7.61. The highest BCUT2D eigenvalue weighted by molar-refractivity contribution is 7.89. The quantitative estimate of drug-likeness (QED) is 0.662. The maximum atomic E-state index is 13.2. The molecule has 2 saturated heterocycles. The maximum absolute atomic E-state index is 13.2. The van der Waals surface area contributed by atoms with Crippen LogP contribution in [0.5, 0.6) is 11.5 Å². The molecule has 3 heterocycles. The number of rotatable bonds is 4. The number of carbonyl (C=O) groups is 1. The Morgan fingerprint density at radius 2 is 1.61 bits per heavy atom. The number of amides is 1. The Morgan fingerprint density at radius 1 is 0.879 bits per heavy atom. The minimum atomic E-state index is -3.62. The number of piperazine rings is 1. The van der Waals surface area contributed by atoms with Gasteiger partial charge in [0.1, 0.15) is 0 Å². The summed E-state index contributed by atoms with van der Waals surface area (Å²) in [6.45, 7) is 4.25. The minimum Gasteiger partial charge on any atom is -0.490 e. The number of fused-ring (bicyclic) bond motifs is 2. The lowest BCUT2D eigenvalue weighted by atomic mass is 9.78. The molecule has 5 rings (SSSR count). The van der Waals surface area contributed by atoms with Gasteiger partial charge >= 0.3 is 0 Å². The highest BCUT2D eigenvalue weighted by Crippen LogP contribution is 2.36. The van der Waals surface area contributed by atoms with Crippen molar-refractivity contribution in [1.29, 1.82) is 0 Å². The number of hydrogen-bond donors (Lipinski definition) is 0. The second-order valence-corrected chi connectivity index (χ2v) is 11.6. The van der Waals surface area contributed by atoms with Gasteiger partial charge in [-0.25, -0.2) is 8.42 Å². The number of ether oxygens (including phenoxy) is 2. The van der Waals surface area contributed by atoms with E-state index in [1.165, 1.54) is 30.0 Å². The molecule has 3 aliphatic heterocycles. The van der Waals surface area contributed by atoms with Crippen molar-refractivity contribution in [2.24, 2.45) is 5.92 Å². The molecule has 1 aromatic rings. The number of nitrogens with zero attached hydrogens (tertiary/aromatic N) is 3. The van der Waals surface area contributed by atoms with Gasteiger partial charge in [0.05, 0.1) is 24.7 Å². The van der Waals surface area contributed by atoms with Gasteiger partial charge in [-0.3, -0.25) is 9.69 Å². The van der Waals surface area contributed by atoms with E-state index >= 15 is 0 Å². The first-order valence-corrected chi connectivity index (χ1v) is 13.9. The molecule has 9 heteroatoms. The largest absolute Gasteiger partial charge is 0.490 e.